The van der Waals surface area contributed by atoms with Crippen molar-refractivity contribution in [1.29, 1.82) is 0 Å². The summed E-state index contributed by atoms with van der Waals surface area (Å²) in [6, 6.07) is 2.56. The van der Waals surface area contributed by atoms with E-state index in [1.54, 1.807) is 0 Å². The lowest BCUT2D eigenvalue weighted by molar-refractivity contribution is -0.137. The summed E-state index contributed by atoms with van der Waals surface area (Å²) in [7, 11) is 0. The van der Waals surface area contributed by atoms with Crippen molar-refractivity contribution >= 4 is 0 Å². The van der Waals surface area contributed by atoms with Gasteiger partial charge >= 0.3 is 6.18 Å². The Balaban J connectivity index is 1.82. The van der Waals surface area contributed by atoms with Crippen LogP contribution >= 0.6 is 0 Å². The number of hydrogen-bond acceptors (Lipinski definition) is 1. The Morgan fingerprint density at radius 3 is 2.48 bits per heavy atom. The minimum absolute atomic E-state index is 0.0773. The molecule has 1 nitrogen and oxygen atoms in total. The maximum absolute atomic E-state index is 13.5. The van der Waals surface area contributed by atoms with Gasteiger partial charge in [0.2, 0.25) is 0 Å². The lowest BCUT2D eigenvalue weighted by atomic mass is 9.87. The maximum atomic E-state index is 13.5. The average Bonchev–Trinajstić information content (AvgIpc) is 2.45. The fourth-order valence-electron chi connectivity index (χ4n) is 2.89. The monoisotopic (exact) mass is 303 g/mol. The van der Waals surface area contributed by atoms with Gasteiger partial charge in [0.25, 0.3) is 0 Å². The van der Waals surface area contributed by atoms with E-state index in [2.05, 4.69) is 5.32 Å². The lowest BCUT2D eigenvalue weighted by Gasteiger charge is -2.21. The van der Waals surface area contributed by atoms with Gasteiger partial charge in [0, 0.05) is 12.1 Å². The SMILES string of the molecule is Fc1ccc(C(F)(F)F)cc1CNCCC1CCCCC1. The van der Waals surface area contributed by atoms with E-state index >= 15 is 0 Å². The summed E-state index contributed by atoms with van der Waals surface area (Å²) in [4.78, 5) is 0. The molecule has 1 aromatic rings. The predicted molar refractivity (Wildman–Crippen MR) is 74.3 cm³/mol. The third-order valence-corrected chi connectivity index (χ3v) is 4.14. The molecule has 0 bridgehead atoms. The molecule has 1 saturated carbocycles. The van der Waals surface area contributed by atoms with Crippen molar-refractivity contribution in [3.05, 3.63) is 35.1 Å². The highest BCUT2D eigenvalue weighted by atomic mass is 19.4. The quantitative estimate of drug-likeness (QED) is 0.602. The highest BCUT2D eigenvalue weighted by Gasteiger charge is 2.30. The summed E-state index contributed by atoms with van der Waals surface area (Å²) in [6.07, 6.45) is 2.91. The van der Waals surface area contributed by atoms with E-state index in [1.165, 1.54) is 32.1 Å². The van der Waals surface area contributed by atoms with E-state index < -0.39 is 17.6 Å². The van der Waals surface area contributed by atoms with Crippen LogP contribution in [0.1, 0.15) is 49.7 Å². The van der Waals surface area contributed by atoms with Gasteiger partial charge in [-0.3, -0.25) is 0 Å². The molecule has 118 valence electrons. The molecule has 1 N–H and O–H groups in total. The molecule has 0 atom stereocenters. The largest absolute Gasteiger partial charge is 0.416 e. The number of rotatable bonds is 5. The Labute approximate surface area is 122 Å². The van der Waals surface area contributed by atoms with E-state index in [1.807, 2.05) is 0 Å². The van der Waals surface area contributed by atoms with E-state index in [4.69, 9.17) is 0 Å². The van der Waals surface area contributed by atoms with Crippen molar-refractivity contribution in [3.8, 4) is 0 Å². The fraction of sp³-hybridized carbons (Fsp3) is 0.625. The van der Waals surface area contributed by atoms with Crippen molar-refractivity contribution in [2.45, 2.75) is 51.2 Å². The number of halogens is 4. The summed E-state index contributed by atoms with van der Waals surface area (Å²) >= 11 is 0. The average molecular weight is 303 g/mol. The third kappa shape index (κ3) is 4.99. The molecule has 0 saturated heterocycles. The van der Waals surface area contributed by atoms with E-state index in [0.29, 0.717) is 5.92 Å². The van der Waals surface area contributed by atoms with Crippen LogP contribution in [0.5, 0.6) is 0 Å². The van der Waals surface area contributed by atoms with Crippen LogP contribution in [0.4, 0.5) is 17.6 Å². The Kier molecular flexibility index (Phi) is 5.62. The summed E-state index contributed by atoms with van der Waals surface area (Å²) in [5, 5.41) is 3.06. The van der Waals surface area contributed by atoms with Gasteiger partial charge in [-0.15, -0.1) is 0 Å². The van der Waals surface area contributed by atoms with Gasteiger partial charge < -0.3 is 5.32 Å². The molecule has 0 unspecified atom stereocenters. The number of nitrogens with one attached hydrogen (secondary N) is 1. The molecule has 0 spiro atoms. The second-order valence-corrected chi connectivity index (χ2v) is 5.77. The zero-order valence-corrected chi connectivity index (χ0v) is 12.0. The molecule has 1 aliphatic rings. The van der Waals surface area contributed by atoms with Crippen LogP contribution in [0.3, 0.4) is 0 Å². The van der Waals surface area contributed by atoms with Crippen molar-refractivity contribution in [2.24, 2.45) is 5.92 Å². The molecular formula is C16H21F4N. The first-order valence-electron chi connectivity index (χ1n) is 7.53. The Morgan fingerprint density at radius 2 is 1.81 bits per heavy atom. The maximum Gasteiger partial charge on any atom is 0.416 e. The zero-order chi connectivity index (χ0) is 15.3. The molecule has 0 aromatic heterocycles. The van der Waals surface area contributed by atoms with Crippen LogP contribution in [-0.4, -0.2) is 6.54 Å². The van der Waals surface area contributed by atoms with Crippen molar-refractivity contribution in [2.75, 3.05) is 6.54 Å². The predicted octanol–water partition coefficient (Wildman–Crippen LogP) is 4.90. The molecule has 1 fully saturated rings. The topological polar surface area (TPSA) is 12.0 Å². The minimum Gasteiger partial charge on any atom is -0.313 e. The normalized spacial score (nSPS) is 17.1. The first-order chi connectivity index (χ1) is 9.97. The van der Waals surface area contributed by atoms with Gasteiger partial charge in [0.05, 0.1) is 5.56 Å². The third-order valence-electron chi connectivity index (χ3n) is 4.14. The van der Waals surface area contributed by atoms with Crippen LogP contribution in [-0.2, 0) is 12.7 Å². The van der Waals surface area contributed by atoms with Gasteiger partial charge in [-0.05, 0) is 37.1 Å². The van der Waals surface area contributed by atoms with Crippen LogP contribution in [0, 0.1) is 11.7 Å². The second-order valence-electron chi connectivity index (χ2n) is 5.77. The molecular weight excluding hydrogens is 282 g/mol. The molecule has 0 amide bonds. The highest BCUT2D eigenvalue weighted by molar-refractivity contribution is 5.27. The fourth-order valence-corrected chi connectivity index (χ4v) is 2.89. The molecule has 21 heavy (non-hydrogen) atoms. The molecule has 5 heteroatoms. The van der Waals surface area contributed by atoms with E-state index in [-0.39, 0.29) is 12.1 Å². The first-order valence-corrected chi connectivity index (χ1v) is 7.53. The van der Waals surface area contributed by atoms with Gasteiger partial charge in [-0.1, -0.05) is 32.1 Å². The minimum atomic E-state index is -4.43. The van der Waals surface area contributed by atoms with E-state index in [9.17, 15) is 17.6 Å². The molecule has 1 aromatic carbocycles. The van der Waals surface area contributed by atoms with Crippen LogP contribution in [0.2, 0.25) is 0 Å². The van der Waals surface area contributed by atoms with Gasteiger partial charge in [0.15, 0.2) is 0 Å². The zero-order valence-electron chi connectivity index (χ0n) is 12.0. The molecule has 2 rings (SSSR count). The van der Waals surface area contributed by atoms with E-state index in [0.717, 1.165) is 31.2 Å². The first kappa shape index (κ1) is 16.3. The van der Waals surface area contributed by atoms with Gasteiger partial charge in [-0.25, -0.2) is 4.39 Å². The van der Waals surface area contributed by atoms with Crippen molar-refractivity contribution in [3.63, 3.8) is 0 Å². The molecule has 0 aliphatic heterocycles. The summed E-state index contributed by atoms with van der Waals surface area (Å²) in [5.74, 6) is 0.116. The number of alkyl halides is 3. The Morgan fingerprint density at radius 1 is 1.10 bits per heavy atom. The summed E-state index contributed by atoms with van der Waals surface area (Å²) < 4.78 is 51.3. The second kappa shape index (κ2) is 7.25. The molecule has 1 aliphatic carbocycles. The Bertz CT molecular complexity index is 450. The standard InChI is InChI=1S/C16H21F4N/c17-15-7-6-14(16(18,19)20)10-13(15)11-21-9-8-12-4-2-1-3-5-12/h6-7,10,12,21H,1-5,8-9,11H2. The van der Waals surface area contributed by atoms with Crippen LogP contribution < -0.4 is 5.32 Å². The number of hydrogen-bond donors (Lipinski definition) is 1. The molecule has 0 heterocycles. The van der Waals surface area contributed by atoms with Gasteiger partial charge in [0.1, 0.15) is 5.82 Å². The Hall–Kier alpha value is -1.10. The van der Waals surface area contributed by atoms with Crippen molar-refractivity contribution < 1.29 is 17.6 Å². The highest BCUT2D eigenvalue weighted by Crippen LogP contribution is 2.30. The number of benzene rings is 1. The smallest absolute Gasteiger partial charge is 0.313 e. The van der Waals surface area contributed by atoms with Crippen LogP contribution in [0.25, 0.3) is 0 Å². The van der Waals surface area contributed by atoms with Crippen molar-refractivity contribution in [1.82, 2.24) is 5.32 Å². The lowest BCUT2D eigenvalue weighted by Crippen LogP contribution is -2.20. The molecule has 0 radical (unpaired) electrons. The summed E-state index contributed by atoms with van der Waals surface area (Å²) in [5.41, 5.74) is -0.721. The van der Waals surface area contributed by atoms with Gasteiger partial charge in [-0.2, -0.15) is 13.2 Å². The van der Waals surface area contributed by atoms with Crippen LogP contribution in [0.15, 0.2) is 18.2 Å². The summed E-state index contributed by atoms with van der Waals surface area (Å²) in [6.45, 7) is 0.864.